The van der Waals surface area contributed by atoms with Gasteiger partial charge in [0.05, 0.1) is 11.1 Å². The van der Waals surface area contributed by atoms with Gasteiger partial charge in [-0.05, 0) is 42.9 Å². The summed E-state index contributed by atoms with van der Waals surface area (Å²) in [6.07, 6.45) is -3.39. The Hall–Kier alpha value is -2.88. The van der Waals surface area contributed by atoms with E-state index in [2.05, 4.69) is 10.6 Å². The molecule has 1 aromatic rings. The van der Waals surface area contributed by atoms with E-state index in [4.69, 9.17) is 15.9 Å². The second-order valence-electron chi connectivity index (χ2n) is 8.95. The quantitative estimate of drug-likeness (QED) is 0.487. The molecule has 174 valence electrons. The van der Waals surface area contributed by atoms with Crippen LogP contribution in [0.5, 0.6) is 0 Å². The topological polar surface area (TPSA) is 117 Å². The average molecular weight is 452 g/mol. The van der Waals surface area contributed by atoms with Crippen LogP contribution in [-0.2, 0) is 9.53 Å². The van der Waals surface area contributed by atoms with Gasteiger partial charge in [0.2, 0.25) is 0 Å². The van der Waals surface area contributed by atoms with E-state index in [1.807, 2.05) is 0 Å². The molecule has 0 unspecified atom stereocenters. The summed E-state index contributed by atoms with van der Waals surface area (Å²) in [7, 11) is 0. The fraction of sp³-hybridized carbons (Fsp3) is 0.500. The van der Waals surface area contributed by atoms with Crippen molar-refractivity contribution in [3.8, 4) is 0 Å². The smallest absolute Gasteiger partial charge is 0.381 e. The molecule has 10 heteroatoms. The first kappa shape index (κ1) is 23.8. The lowest BCUT2D eigenvalue weighted by atomic mass is 9.74. The molecular formula is C22H27F3N4O3. The third kappa shape index (κ3) is 5.48. The van der Waals surface area contributed by atoms with E-state index in [9.17, 15) is 22.8 Å². The van der Waals surface area contributed by atoms with Gasteiger partial charge >= 0.3 is 6.18 Å². The van der Waals surface area contributed by atoms with E-state index >= 15 is 0 Å². The van der Waals surface area contributed by atoms with Crippen LogP contribution in [0.2, 0.25) is 0 Å². The van der Waals surface area contributed by atoms with Crippen molar-refractivity contribution in [1.29, 1.82) is 5.41 Å². The molecule has 32 heavy (non-hydrogen) atoms. The maximum Gasteiger partial charge on any atom is 0.433 e. The highest BCUT2D eigenvalue weighted by atomic mass is 19.4. The van der Waals surface area contributed by atoms with E-state index in [0.717, 1.165) is 12.8 Å². The standard InChI is InChI=1S/C22H27F3N4O3/c1-21(2)10-16(18(17(30)11-21)19(26)22(23,24)25)29-13-3-4-14(20(27)31)15(9-13)28-12-5-7-32-8-6-12/h3-4,9,12,26,28-29H,5-8,10-11H2,1-2H3,(H2,27,31). The van der Waals surface area contributed by atoms with Gasteiger partial charge in [0.1, 0.15) is 5.71 Å². The van der Waals surface area contributed by atoms with Crippen molar-refractivity contribution in [2.75, 3.05) is 23.8 Å². The van der Waals surface area contributed by atoms with Gasteiger partial charge in [-0.2, -0.15) is 13.2 Å². The number of rotatable bonds is 6. The number of halogens is 3. The van der Waals surface area contributed by atoms with Crippen LogP contribution < -0.4 is 16.4 Å². The zero-order chi connectivity index (χ0) is 23.7. The predicted octanol–water partition coefficient (Wildman–Crippen LogP) is 4.01. The number of alkyl halides is 3. The van der Waals surface area contributed by atoms with Gasteiger partial charge in [-0.1, -0.05) is 13.8 Å². The number of nitrogens with two attached hydrogens (primary N) is 1. The monoisotopic (exact) mass is 452 g/mol. The number of ether oxygens (including phenoxy) is 1. The average Bonchev–Trinajstić information content (AvgIpc) is 2.66. The van der Waals surface area contributed by atoms with Gasteiger partial charge in [0.25, 0.3) is 5.91 Å². The van der Waals surface area contributed by atoms with Crippen molar-refractivity contribution in [2.24, 2.45) is 11.1 Å². The Morgan fingerprint density at radius 1 is 1.22 bits per heavy atom. The van der Waals surface area contributed by atoms with Crippen LogP contribution in [0.1, 0.15) is 49.9 Å². The molecule has 0 atom stereocenters. The number of primary amides is 1. The Morgan fingerprint density at radius 2 is 1.88 bits per heavy atom. The molecule has 1 heterocycles. The van der Waals surface area contributed by atoms with E-state index in [0.29, 0.717) is 24.6 Å². The highest BCUT2D eigenvalue weighted by molar-refractivity contribution is 6.24. The van der Waals surface area contributed by atoms with Gasteiger partial charge in [-0.3, -0.25) is 15.0 Å². The second kappa shape index (κ2) is 8.93. The van der Waals surface area contributed by atoms with Crippen LogP contribution in [0, 0.1) is 10.8 Å². The maximum absolute atomic E-state index is 13.3. The maximum atomic E-state index is 13.3. The first-order chi connectivity index (χ1) is 14.9. The van der Waals surface area contributed by atoms with Crippen LogP contribution in [0.25, 0.3) is 0 Å². The molecule has 0 radical (unpaired) electrons. The number of Topliss-reactive ketones (excluding diaryl/α,β-unsaturated/α-hetero) is 1. The van der Waals surface area contributed by atoms with Gasteiger partial charge in [-0.15, -0.1) is 0 Å². The molecule has 1 saturated heterocycles. The van der Waals surface area contributed by atoms with Crippen LogP contribution in [-0.4, -0.2) is 42.8 Å². The van der Waals surface area contributed by atoms with Crippen molar-refractivity contribution in [2.45, 2.75) is 51.7 Å². The van der Waals surface area contributed by atoms with Crippen LogP contribution in [0.3, 0.4) is 0 Å². The van der Waals surface area contributed by atoms with Crippen molar-refractivity contribution in [3.05, 3.63) is 35.0 Å². The zero-order valence-corrected chi connectivity index (χ0v) is 18.0. The molecule has 0 saturated carbocycles. The molecular weight excluding hydrogens is 425 g/mol. The number of nitrogens with one attached hydrogen (secondary N) is 3. The summed E-state index contributed by atoms with van der Waals surface area (Å²) in [5.74, 6) is -1.36. The lowest BCUT2D eigenvalue weighted by Crippen LogP contribution is -2.36. The Bertz CT molecular complexity index is 964. The molecule has 1 fully saturated rings. The third-order valence-electron chi connectivity index (χ3n) is 5.57. The fourth-order valence-corrected chi connectivity index (χ4v) is 4.05. The Morgan fingerprint density at radius 3 is 2.47 bits per heavy atom. The van der Waals surface area contributed by atoms with E-state index in [1.165, 1.54) is 12.1 Å². The SMILES string of the molecule is CC1(C)CC(=O)C(C(=N)C(F)(F)F)=C(Nc2ccc(C(N)=O)c(NC3CCOCC3)c2)C1. The minimum Gasteiger partial charge on any atom is -0.381 e. The number of anilines is 2. The van der Waals surface area contributed by atoms with Crippen molar-refractivity contribution in [3.63, 3.8) is 0 Å². The first-order valence-corrected chi connectivity index (χ1v) is 10.3. The number of hydrogen-bond acceptors (Lipinski definition) is 6. The number of hydrogen-bond donors (Lipinski definition) is 4. The second-order valence-corrected chi connectivity index (χ2v) is 8.95. The molecule has 1 amide bonds. The summed E-state index contributed by atoms with van der Waals surface area (Å²) < 4.78 is 45.1. The van der Waals surface area contributed by atoms with E-state index in [1.54, 1.807) is 19.9 Å². The lowest BCUT2D eigenvalue weighted by Gasteiger charge is -2.33. The molecule has 0 bridgehead atoms. The third-order valence-corrected chi connectivity index (χ3v) is 5.57. The number of allylic oxidation sites excluding steroid dienone is 2. The highest BCUT2D eigenvalue weighted by Crippen LogP contribution is 2.40. The van der Waals surface area contributed by atoms with Crippen molar-refractivity contribution in [1.82, 2.24) is 0 Å². The number of amides is 1. The Kier molecular flexibility index (Phi) is 6.64. The molecule has 0 aromatic heterocycles. The van der Waals surface area contributed by atoms with Crippen molar-refractivity contribution >= 4 is 28.8 Å². The molecule has 2 aliphatic rings. The van der Waals surface area contributed by atoms with Gasteiger partial charge in [0.15, 0.2) is 5.78 Å². The highest BCUT2D eigenvalue weighted by Gasteiger charge is 2.44. The summed E-state index contributed by atoms with van der Waals surface area (Å²) in [4.78, 5) is 24.4. The zero-order valence-electron chi connectivity index (χ0n) is 18.0. The Labute approximate surface area is 184 Å². The molecule has 1 aliphatic heterocycles. The van der Waals surface area contributed by atoms with E-state index < -0.39 is 34.6 Å². The lowest BCUT2D eigenvalue weighted by molar-refractivity contribution is -0.118. The fourth-order valence-electron chi connectivity index (χ4n) is 4.05. The Balaban J connectivity index is 1.98. The molecule has 0 spiro atoms. The summed E-state index contributed by atoms with van der Waals surface area (Å²) in [6.45, 7) is 4.73. The van der Waals surface area contributed by atoms with Crippen LogP contribution in [0.15, 0.2) is 29.5 Å². The summed E-state index contributed by atoms with van der Waals surface area (Å²) in [5.41, 5.74) is 3.74. The van der Waals surface area contributed by atoms with Gasteiger partial charge in [-0.25, -0.2) is 0 Å². The summed E-state index contributed by atoms with van der Waals surface area (Å²) >= 11 is 0. The number of carbonyl (C=O) groups is 2. The molecule has 3 rings (SSSR count). The molecule has 7 nitrogen and oxygen atoms in total. The van der Waals surface area contributed by atoms with Gasteiger partial charge in [0, 0.05) is 42.7 Å². The summed E-state index contributed by atoms with van der Waals surface area (Å²) in [5, 5.41) is 13.7. The number of benzene rings is 1. The minimum absolute atomic E-state index is 0.0393. The minimum atomic E-state index is -4.94. The summed E-state index contributed by atoms with van der Waals surface area (Å²) in [6, 6.07) is 4.64. The number of ketones is 1. The molecule has 1 aromatic carbocycles. The van der Waals surface area contributed by atoms with Crippen LogP contribution >= 0.6 is 0 Å². The van der Waals surface area contributed by atoms with Crippen molar-refractivity contribution < 1.29 is 27.5 Å². The van der Waals surface area contributed by atoms with Gasteiger partial charge < -0.3 is 21.1 Å². The largest absolute Gasteiger partial charge is 0.433 e. The van der Waals surface area contributed by atoms with E-state index in [-0.39, 0.29) is 30.1 Å². The molecule has 1 aliphatic carbocycles. The number of carbonyl (C=O) groups excluding carboxylic acids is 2. The normalized spacial score (nSPS) is 19.6. The predicted molar refractivity (Wildman–Crippen MR) is 115 cm³/mol. The first-order valence-electron chi connectivity index (χ1n) is 10.3. The molecule has 5 N–H and O–H groups in total. The van der Waals surface area contributed by atoms with Crippen LogP contribution in [0.4, 0.5) is 24.5 Å².